The lowest BCUT2D eigenvalue weighted by molar-refractivity contribution is -0.0498. The summed E-state index contributed by atoms with van der Waals surface area (Å²) in [6, 6.07) is 7.00. The molecule has 0 fully saturated rings. The van der Waals surface area contributed by atoms with Gasteiger partial charge >= 0.3 is 12.2 Å². The molecule has 0 aliphatic carbocycles. The molecule has 8 nitrogen and oxygen atoms in total. The molecule has 0 spiro atoms. The number of nitrogens with zero attached hydrogens (tertiary/aromatic N) is 4. The Morgan fingerprint density at radius 3 is 2.75 bits per heavy atom. The summed E-state index contributed by atoms with van der Waals surface area (Å²) in [6.45, 7) is -1.36. The first-order chi connectivity index (χ1) is 13.4. The first-order valence-corrected chi connectivity index (χ1v) is 8.28. The summed E-state index contributed by atoms with van der Waals surface area (Å²) < 4.78 is 35.7. The van der Waals surface area contributed by atoms with Gasteiger partial charge in [0.1, 0.15) is 29.2 Å². The summed E-state index contributed by atoms with van der Waals surface area (Å²) in [5.41, 5.74) is 0.271. The van der Waals surface area contributed by atoms with Crippen LogP contribution >= 0.6 is 0 Å². The van der Waals surface area contributed by atoms with E-state index in [0.717, 1.165) is 5.56 Å². The zero-order valence-corrected chi connectivity index (χ0v) is 14.5. The third-order valence-electron chi connectivity index (χ3n) is 4.30. The average Bonchev–Trinajstić information content (AvgIpc) is 3.09. The van der Waals surface area contributed by atoms with Crippen LogP contribution in [0.4, 0.5) is 14.7 Å². The van der Waals surface area contributed by atoms with Crippen LogP contribution in [-0.2, 0) is 0 Å². The van der Waals surface area contributed by atoms with Crippen LogP contribution in [0.5, 0.6) is 11.5 Å². The number of aromatic hydroxyl groups is 1. The minimum absolute atomic E-state index is 0.0269. The number of ether oxygens (including phenoxy) is 1. The van der Waals surface area contributed by atoms with E-state index in [1.165, 1.54) is 24.5 Å². The number of benzene rings is 1. The Kier molecular flexibility index (Phi) is 4.38. The van der Waals surface area contributed by atoms with Crippen molar-refractivity contribution in [2.75, 3.05) is 0 Å². The first-order valence-electron chi connectivity index (χ1n) is 8.28. The fraction of sp³-hybridized carbons (Fsp3) is 0.222. The molecule has 0 bridgehead atoms. The molecule has 0 radical (unpaired) electrons. The van der Waals surface area contributed by atoms with Crippen molar-refractivity contribution in [3.05, 3.63) is 64.0 Å². The first kappa shape index (κ1) is 17.8. The maximum atomic E-state index is 12.4. The summed E-state index contributed by atoms with van der Waals surface area (Å²) in [5.74, 6) is 0.314. The summed E-state index contributed by atoms with van der Waals surface area (Å²) in [6.07, 6.45) is 1.54. The van der Waals surface area contributed by atoms with Crippen LogP contribution in [0.25, 0.3) is 0 Å². The van der Waals surface area contributed by atoms with E-state index in [1.807, 2.05) is 0 Å². The van der Waals surface area contributed by atoms with Crippen LogP contribution in [0.15, 0.2) is 50.9 Å². The second-order valence-corrected chi connectivity index (χ2v) is 6.14. The Morgan fingerprint density at radius 1 is 1.32 bits per heavy atom. The second kappa shape index (κ2) is 6.87. The maximum absolute atomic E-state index is 12.4. The topological polar surface area (TPSA) is 103 Å². The predicted octanol–water partition coefficient (Wildman–Crippen LogP) is 2.96. The molecule has 1 aromatic carbocycles. The largest absolute Gasteiger partial charge is 0.507 e. The van der Waals surface area contributed by atoms with Gasteiger partial charge < -0.3 is 14.3 Å². The Balaban J connectivity index is 1.74. The SMILES string of the molecule is Cc1cc(O)c(C2=Nc3ncnn3C(c3ccc(OC(F)F)cc3)C2)c(=O)o1. The highest BCUT2D eigenvalue weighted by molar-refractivity contribution is 6.04. The Bertz CT molecular complexity index is 1110. The lowest BCUT2D eigenvalue weighted by Crippen LogP contribution is -2.25. The number of aliphatic imine (C=N–C) groups is 1. The molecule has 144 valence electrons. The monoisotopic (exact) mass is 388 g/mol. The predicted molar refractivity (Wildman–Crippen MR) is 93.4 cm³/mol. The second-order valence-electron chi connectivity index (χ2n) is 6.14. The number of rotatable bonds is 4. The highest BCUT2D eigenvalue weighted by Crippen LogP contribution is 2.34. The molecule has 1 aliphatic heterocycles. The molecule has 1 atom stereocenters. The van der Waals surface area contributed by atoms with E-state index in [4.69, 9.17) is 4.42 Å². The number of aromatic nitrogens is 3. The van der Waals surface area contributed by atoms with E-state index in [9.17, 15) is 18.7 Å². The summed E-state index contributed by atoms with van der Waals surface area (Å²) >= 11 is 0. The van der Waals surface area contributed by atoms with Crippen molar-refractivity contribution in [1.29, 1.82) is 0 Å². The zero-order chi connectivity index (χ0) is 19.8. The van der Waals surface area contributed by atoms with Crippen LogP contribution in [0.1, 0.15) is 29.3 Å². The zero-order valence-electron chi connectivity index (χ0n) is 14.5. The molecule has 1 N–H and O–H groups in total. The molecule has 1 aliphatic rings. The minimum Gasteiger partial charge on any atom is -0.507 e. The van der Waals surface area contributed by atoms with Crippen molar-refractivity contribution < 1.29 is 23.0 Å². The molecule has 2 aromatic heterocycles. The van der Waals surface area contributed by atoms with Crippen molar-refractivity contribution in [3.8, 4) is 11.5 Å². The standard InChI is InChI=1S/C18H14F2N4O4/c1-9-6-14(25)15(16(26)27-9)12-7-13(24-18(23-12)21-8-22-24)10-2-4-11(5-3-10)28-17(19)20/h2-6,8,13,17,25H,7H2,1H3. The molecule has 3 aromatic rings. The normalized spacial score (nSPS) is 16.0. The number of halogens is 2. The van der Waals surface area contributed by atoms with Gasteiger partial charge in [0, 0.05) is 12.5 Å². The van der Waals surface area contributed by atoms with E-state index in [2.05, 4.69) is 19.8 Å². The number of hydrogen-bond donors (Lipinski definition) is 1. The smallest absolute Gasteiger partial charge is 0.387 e. The van der Waals surface area contributed by atoms with Gasteiger partial charge in [0.25, 0.3) is 0 Å². The average molecular weight is 388 g/mol. The lowest BCUT2D eigenvalue weighted by Gasteiger charge is -2.23. The van der Waals surface area contributed by atoms with Crippen LogP contribution in [0.3, 0.4) is 0 Å². The van der Waals surface area contributed by atoms with Gasteiger partial charge in [0.05, 0.1) is 11.8 Å². The van der Waals surface area contributed by atoms with Crippen molar-refractivity contribution in [2.45, 2.75) is 26.0 Å². The Hall–Kier alpha value is -3.56. The molecule has 0 saturated heterocycles. The molecule has 0 saturated carbocycles. The maximum Gasteiger partial charge on any atom is 0.387 e. The van der Waals surface area contributed by atoms with Gasteiger partial charge in [-0.05, 0) is 24.6 Å². The number of fused-ring (bicyclic) bond motifs is 1. The quantitative estimate of drug-likeness (QED) is 0.737. The van der Waals surface area contributed by atoms with Gasteiger partial charge in [-0.25, -0.2) is 14.5 Å². The van der Waals surface area contributed by atoms with Crippen LogP contribution < -0.4 is 10.4 Å². The fourth-order valence-electron chi connectivity index (χ4n) is 3.13. The van der Waals surface area contributed by atoms with Crippen molar-refractivity contribution in [2.24, 2.45) is 4.99 Å². The number of alkyl halides is 2. The highest BCUT2D eigenvalue weighted by atomic mass is 19.3. The Labute approximate surface area is 156 Å². The molecule has 1 unspecified atom stereocenters. The Morgan fingerprint density at radius 2 is 2.07 bits per heavy atom. The van der Waals surface area contributed by atoms with E-state index in [-0.39, 0.29) is 35.2 Å². The fourth-order valence-corrected chi connectivity index (χ4v) is 3.13. The van der Waals surface area contributed by atoms with Gasteiger partial charge in [-0.3, -0.25) is 0 Å². The third-order valence-corrected chi connectivity index (χ3v) is 4.30. The van der Waals surface area contributed by atoms with Gasteiger partial charge in [-0.15, -0.1) is 0 Å². The van der Waals surface area contributed by atoms with Crippen LogP contribution in [0.2, 0.25) is 0 Å². The van der Waals surface area contributed by atoms with E-state index >= 15 is 0 Å². The summed E-state index contributed by atoms with van der Waals surface area (Å²) in [7, 11) is 0. The van der Waals surface area contributed by atoms with E-state index in [0.29, 0.717) is 5.71 Å². The van der Waals surface area contributed by atoms with Gasteiger partial charge in [-0.2, -0.15) is 18.9 Å². The van der Waals surface area contributed by atoms with Gasteiger partial charge in [-0.1, -0.05) is 12.1 Å². The van der Waals surface area contributed by atoms with Crippen molar-refractivity contribution >= 4 is 11.7 Å². The van der Waals surface area contributed by atoms with Crippen molar-refractivity contribution in [3.63, 3.8) is 0 Å². The molecular formula is C18H14F2N4O4. The highest BCUT2D eigenvalue weighted by Gasteiger charge is 2.29. The molecular weight excluding hydrogens is 374 g/mol. The molecule has 28 heavy (non-hydrogen) atoms. The molecule has 0 amide bonds. The number of aryl methyl sites for hydroxylation is 1. The number of hydrogen-bond acceptors (Lipinski definition) is 7. The van der Waals surface area contributed by atoms with Crippen LogP contribution in [-0.4, -0.2) is 32.2 Å². The van der Waals surface area contributed by atoms with Gasteiger partial charge in [0.2, 0.25) is 5.95 Å². The summed E-state index contributed by atoms with van der Waals surface area (Å²) in [4.78, 5) is 20.7. The summed E-state index contributed by atoms with van der Waals surface area (Å²) in [5, 5.41) is 14.4. The van der Waals surface area contributed by atoms with Crippen LogP contribution in [0, 0.1) is 6.92 Å². The van der Waals surface area contributed by atoms with Crippen molar-refractivity contribution in [1.82, 2.24) is 14.8 Å². The van der Waals surface area contributed by atoms with E-state index < -0.39 is 18.3 Å². The third kappa shape index (κ3) is 3.24. The molecule has 10 heteroatoms. The molecule has 3 heterocycles. The van der Waals surface area contributed by atoms with E-state index in [1.54, 1.807) is 23.7 Å². The molecule has 4 rings (SSSR count). The van der Waals surface area contributed by atoms with Gasteiger partial charge in [0.15, 0.2) is 0 Å². The lowest BCUT2D eigenvalue weighted by atomic mass is 9.96. The minimum atomic E-state index is -2.91.